The van der Waals surface area contributed by atoms with Gasteiger partial charge in [0.15, 0.2) is 0 Å². The fourth-order valence-corrected chi connectivity index (χ4v) is 2.60. The third-order valence-electron chi connectivity index (χ3n) is 3.66. The molecule has 0 bridgehead atoms. The molecular formula is C15H26O3. The van der Waals surface area contributed by atoms with E-state index < -0.39 is 6.10 Å². The summed E-state index contributed by atoms with van der Waals surface area (Å²) in [5, 5.41) is 9.61. The number of hydrogen-bond donors (Lipinski definition) is 1. The average molecular weight is 254 g/mol. The molecule has 1 aliphatic rings. The van der Waals surface area contributed by atoms with E-state index in [-0.39, 0.29) is 24.2 Å². The number of methoxy groups -OCH3 is 1. The molecule has 0 spiro atoms. The molecule has 1 N–H and O–H groups in total. The Bertz CT molecular complexity index is 307. The van der Waals surface area contributed by atoms with Crippen LogP contribution in [0.5, 0.6) is 0 Å². The van der Waals surface area contributed by atoms with Gasteiger partial charge in [-0.2, -0.15) is 0 Å². The maximum absolute atomic E-state index is 12.0. The molecule has 3 atom stereocenters. The number of carbonyl (C=O) groups excluding carboxylic acids is 1. The van der Waals surface area contributed by atoms with E-state index in [1.54, 1.807) is 7.11 Å². The van der Waals surface area contributed by atoms with Crippen molar-refractivity contribution in [3.63, 3.8) is 0 Å². The second kappa shape index (κ2) is 7.05. The molecular weight excluding hydrogens is 228 g/mol. The fraction of sp³-hybridized carbons (Fsp3) is 0.800. The molecule has 18 heavy (non-hydrogen) atoms. The molecule has 1 aliphatic carbocycles. The van der Waals surface area contributed by atoms with E-state index in [1.807, 2.05) is 6.92 Å². The van der Waals surface area contributed by atoms with Gasteiger partial charge >= 0.3 is 0 Å². The standard InChI is InChI=1S/C15H26O3/c1-10(2)6-5-7-11(3)15-13(17)8-12(16)9-14(15)18-4/h7,10,12,14-16H,5-6,8-9H2,1-4H3/b11-7+/t12-,14+,15+/m0/s1. The van der Waals surface area contributed by atoms with Crippen molar-refractivity contribution in [1.29, 1.82) is 0 Å². The molecule has 0 aromatic rings. The Morgan fingerprint density at radius 3 is 2.78 bits per heavy atom. The van der Waals surface area contributed by atoms with E-state index in [0.29, 0.717) is 12.3 Å². The first-order valence-electron chi connectivity index (χ1n) is 6.86. The summed E-state index contributed by atoms with van der Waals surface area (Å²) < 4.78 is 5.37. The minimum Gasteiger partial charge on any atom is -0.393 e. The Morgan fingerprint density at radius 2 is 2.22 bits per heavy atom. The Balaban J connectivity index is 2.68. The second-order valence-electron chi connectivity index (χ2n) is 5.73. The number of Topliss-reactive ketones (excluding diaryl/α,β-unsaturated/α-hetero) is 1. The van der Waals surface area contributed by atoms with Crippen molar-refractivity contribution in [3.8, 4) is 0 Å². The van der Waals surface area contributed by atoms with Gasteiger partial charge in [-0.3, -0.25) is 4.79 Å². The minimum absolute atomic E-state index is 0.110. The Morgan fingerprint density at radius 1 is 1.56 bits per heavy atom. The van der Waals surface area contributed by atoms with Crippen molar-refractivity contribution >= 4 is 5.78 Å². The van der Waals surface area contributed by atoms with Crippen LogP contribution in [0.15, 0.2) is 11.6 Å². The Labute approximate surface area is 110 Å². The predicted octanol–water partition coefficient (Wildman–Crippen LogP) is 2.72. The van der Waals surface area contributed by atoms with Crippen molar-refractivity contribution in [2.75, 3.05) is 7.11 Å². The highest BCUT2D eigenvalue weighted by Gasteiger charge is 2.36. The average Bonchev–Trinajstić information content (AvgIpc) is 2.26. The SMILES string of the molecule is CO[C@@H]1C[C@@H](O)CC(=O)[C@H]1/C(C)=C/CCC(C)C. The van der Waals surface area contributed by atoms with Gasteiger partial charge in [-0.15, -0.1) is 0 Å². The first-order chi connectivity index (χ1) is 8.45. The summed E-state index contributed by atoms with van der Waals surface area (Å²) in [4.78, 5) is 12.0. The van der Waals surface area contributed by atoms with Crippen LogP contribution >= 0.6 is 0 Å². The highest BCUT2D eigenvalue weighted by molar-refractivity contribution is 5.85. The number of ether oxygens (including phenoxy) is 1. The van der Waals surface area contributed by atoms with Crippen molar-refractivity contribution in [2.45, 2.75) is 58.7 Å². The molecule has 0 unspecified atom stereocenters. The van der Waals surface area contributed by atoms with Crippen LogP contribution in [0.4, 0.5) is 0 Å². The Hall–Kier alpha value is -0.670. The van der Waals surface area contributed by atoms with Gasteiger partial charge in [-0.25, -0.2) is 0 Å². The van der Waals surface area contributed by atoms with Crippen LogP contribution in [0.2, 0.25) is 0 Å². The predicted molar refractivity (Wildman–Crippen MR) is 72.4 cm³/mol. The lowest BCUT2D eigenvalue weighted by molar-refractivity contribution is -0.133. The zero-order valence-corrected chi connectivity index (χ0v) is 12.0. The number of aliphatic hydroxyl groups excluding tert-OH is 1. The first kappa shape index (κ1) is 15.4. The number of ketones is 1. The molecule has 0 aromatic heterocycles. The summed E-state index contributed by atoms with van der Waals surface area (Å²) >= 11 is 0. The summed E-state index contributed by atoms with van der Waals surface area (Å²) in [6.45, 7) is 6.40. The number of rotatable bonds is 5. The van der Waals surface area contributed by atoms with Gasteiger partial charge in [-0.1, -0.05) is 25.5 Å². The monoisotopic (exact) mass is 254 g/mol. The molecule has 3 heteroatoms. The van der Waals surface area contributed by atoms with Gasteiger partial charge in [0, 0.05) is 20.0 Å². The van der Waals surface area contributed by atoms with Crippen molar-refractivity contribution in [2.24, 2.45) is 11.8 Å². The third kappa shape index (κ3) is 4.21. The number of aliphatic hydroxyl groups is 1. The molecule has 0 radical (unpaired) electrons. The van der Waals surface area contributed by atoms with Crippen LogP contribution in [0.25, 0.3) is 0 Å². The molecule has 0 amide bonds. The van der Waals surface area contributed by atoms with Gasteiger partial charge in [0.05, 0.1) is 18.1 Å². The number of carbonyl (C=O) groups is 1. The van der Waals surface area contributed by atoms with E-state index in [2.05, 4.69) is 19.9 Å². The number of hydrogen-bond acceptors (Lipinski definition) is 3. The van der Waals surface area contributed by atoms with Crippen LogP contribution in [-0.4, -0.2) is 30.2 Å². The van der Waals surface area contributed by atoms with Crippen LogP contribution in [0.3, 0.4) is 0 Å². The first-order valence-corrected chi connectivity index (χ1v) is 6.86. The maximum atomic E-state index is 12.0. The summed E-state index contributed by atoms with van der Waals surface area (Å²) in [5.41, 5.74) is 1.10. The van der Waals surface area contributed by atoms with Crippen molar-refractivity contribution in [1.82, 2.24) is 0 Å². The highest BCUT2D eigenvalue weighted by atomic mass is 16.5. The third-order valence-corrected chi connectivity index (χ3v) is 3.66. The van der Waals surface area contributed by atoms with Crippen molar-refractivity contribution in [3.05, 3.63) is 11.6 Å². The van der Waals surface area contributed by atoms with Crippen LogP contribution in [0.1, 0.15) is 46.5 Å². The minimum atomic E-state index is -0.540. The van der Waals surface area contributed by atoms with Crippen molar-refractivity contribution < 1.29 is 14.6 Å². The summed E-state index contributed by atoms with van der Waals surface area (Å²) in [6.07, 6.45) is 4.41. The van der Waals surface area contributed by atoms with Gasteiger partial charge in [-0.05, 0) is 25.7 Å². The smallest absolute Gasteiger partial charge is 0.145 e. The van der Waals surface area contributed by atoms with E-state index in [0.717, 1.165) is 18.4 Å². The number of allylic oxidation sites excluding steroid dienone is 1. The Kier molecular flexibility index (Phi) is 6.03. The lowest BCUT2D eigenvalue weighted by Crippen LogP contribution is -2.40. The summed E-state index contributed by atoms with van der Waals surface area (Å²) in [7, 11) is 1.62. The van der Waals surface area contributed by atoms with Crippen LogP contribution < -0.4 is 0 Å². The lowest BCUT2D eigenvalue weighted by Gasteiger charge is -2.32. The quantitative estimate of drug-likeness (QED) is 0.767. The zero-order valence-electron chi connectivity index (χ0n) is 12.0. The molecule has 104 valence electrons. The summed E-state index contributed by atoms with van der Waals surface area (Å²) in [6, 6.07) is 0. The van der Waals surface area contributed by atoms with Gasteiger partial charge < -0.3 is 9.84 Å². The van der Waals surface area contributed by atoms with E-state index in [9.17, 15) is 9.90 Å². The highest BCUT2D eigenvalue weighted by Crippen LogP contribution is 2.30. The molecule has 0 saturated heterocycles. The normalized spacial score (nSPS) is 30.0. The summed E-state index contributed by atoms with van der Waals surface area (Å²) in [5.74, 6) is 0.626. The topological polar surface area (TPSA) is 46.5 Å². The molecule has 0 aliphatic heterocycles. The van der Waals surface area contributed by atoms with Gasteiger partial charge in [0.1, 0.15) is 5.78 Å². The van der Waals surface area contributed by atoms with Crippen LogP contribution in [-0.2, 0) is 9.53 Å². The molecule has 1 rings (SSSR count). The molecule has 0 aromatic carbocycles. The largest absolute Gasteiger partial charge is 0.393 e. The van der Waals surface area contributed by atoms with Gasteiger partial charge in [0.25, 0.3) is 0 Å². The van der Waals surface area contributed by atoms with E-state index >= 15 is 0 Å². The molecule has 3 nitrogen and oxygen atoms in total. The molecule has 0 heterocycles. The zero-order chi connectivity index (χ0) is 13.7. The molecule has 1 fully saturated rings. The van der Waals surface area contributed by atoms with Gasteiger partial charge in [0.2, 0.25) is 0 Å². The second-order valence-corrected chi connectivity index (χ2v) is 5.73. The molecule has 1 saturated carbocycles. The van der Waals surface area contributed by atoms with E-state index in [1.165, 1.54) is 0 Å². The lowest BCUT2D eigenvalue weighted by atomic mass is 9.79. The maximum Gasteiger partial charge on any atom is 0.145 e. The van der Waals surface area contributed by atoms with E-state index in [4.69, 9.17) is 4.74 Å². The fourth-order valence-electron chi connectivity index (χ4n) is 2.60. The van der Waals surface area contributed by atoms with Crippen LogP contribution in [0, 0.1) is 11.8 Å².